The highest BCUT2D eigenvalue weighted by Gasteiger charge is 2.11. The fourth-order valence-electron chi connectivity index (χ4n) is 1.82. The van der Waals surface area contributed by atoms with Crippen LogP contribution in [-0.2, 0) is 9.47 Å². The van der Waals surface area contributed by atoms with Gasteiger partial charge in [0.15, 0.2) is 0 Å². The summed E-state index contributed by atoms with van der Waals surface area (Å²) < 4.78 is 12.1. The highest BCUT2D eigenvalue weighted by Crippen LogP contribution is 2.21. The predicted octanol–water partition coefficient (Wildman–Crippen LogP) is 3.54. The molecule has 0 aromatic heterocycles. The lowest BCUT2D eigenvalue weighted by Gasteiger charge is -2.19. The average molecular weight is 330 g/mol. The van der Waals surface area contributed by atoms with E-state index in [1.54, 1.807) is 7.11 Å². The summed E-state index contributed by atoms with van der Waals surface area (Å²) in [5.74, 6) is 0. The van der Waals surface area contributed by atoms with Crippen molar-refractivity contribution in [3.63, 3.8) is 0 Å². The quantitative estimate of drug-likeness (QED) is 0.666. The number of methoxy groups -OCH3 is 1. The predicted molar refractivity (Wildman–Crippen MR) is 82.5 cm³/mol. The number of hydrogen-bond acceptors (Lipinski definition) is 3. The van der Waals surface area contributed by atoms with E-state index in [0.717, 1.165) is 43.6 Å². The molecule has 1 unspecified atom stereocenters. The number of nitrogens with one attached hydrogen (secondary N) is 1. The van der Waals surface area contributed by atoms with Gasteiger partial charge in [0.2, 0.25) is 0 Å². The van der Waals surface area contributed by atoms with Crippen LogP contribution >= 0.6 is 15.9 Å². The lowest BCUT2D eigenvalue weighted by Crippen LogP contribution is -2.24. The van der Waals surface area contributed by atoms with Crippen molar-refractivity contribution in [1.82, 2.24) is 5.32 Å². The SMILES string of the molecule is CCCNCC(OCCCOC)c1cccc(Br)c1. The van der Waals surface area contributed by atoms with E-state index in [1.165, 1.54) is 5.56 Å². The third-order valence-corrected chi connectivity index (χ3v) is 3.28. The fourth-order valence-corrected chi connectivity index (χ4v) is 2.24. The molecule has 0 heterocycles. The van der Waals surface area contributed by atoms with Crippen LogP contribution in [0.25, 0.3) is 0 Å². The molecule has 0 spiro atoms. The Morgan fingerprint density at radius 3 is 2.84 bits per heavy atom. The first-order valence-electron chi connectivity index (χ1n) is 6.84. The zero-order valence-electron chi connectivity index (χ0n) is 11.8. The monoisotopic (exact) mass is 329 g/mol. The van der Waals surface area contributed by atoms with E-state index in [9.17, 15) is 0 Å². The maximum Gasteiger partial charge on any atom is 0.0949 e. The van der Waals surface area contributed by atoms with Gasteiger partial charge in [0, 0.05) is 31.3 Å². The molecule has 1 atom stereocenters. The molecule has 3 nitrogen and oxygen atoms in total. The third-order valence-electron chi connectivity index (χ3n) is 2.79. The first-order chi connectivity index (χ1) is 9.27. The van der Waals surface area contributed by atoms with E-state index < -0.39 is 0 Å². The van der Waals surface area contributed by atoms with Crippen LogP contribution in [0.1, 0.15) is 31.4 Å². The topological polar surface area (TPSA) is 30.5 Å². The van der Waals surface area contributed by atoms with Crippen molar-refractivity contribution in [3.05, 3.63) is 34.3 Å². The number of halogens is 1. The van der Waals surface area contributed by atoms with Gasteiger partial charge in [-0.1, -0.05) is 35.0 Å². The largest absolute Gasteiger partial charge is 0.385 e. The molecule has 1 N–H and O–H groups in total. The Kier molecular flexibility index (Phi) is 9.08. The average Bonchev–Trinajstić information content (AvgIpc) is 2.41. The molecule has 1 aromatic rings. The standard InChI is InChI=1S/C15H24BrNO2/c1-3-8-17-12-15(19-10-5-9-18-2)13-6-4-7-14(16)11-13/h4,6-7,11,15,17H,3,5,8-10,12H2,1-2H3. The van der Waals surface area contributed by atoms with Gasteiger partial charge >= 0.3 is 0 Å². The van der Waals surface area contributed by atoms with Gasteiger partial charge < -0.3 is 14.8 Å². The summed E-state index contributed by atoms with van der Waals surface area (Å²) in [6.45, 7) is 5.50. The van der Waals surface area contributed by atoms with Gasteiger partial charge in [-0.25, -0.2) is 0 Å². The van der Waals surface area contributed by atoms with Crippen LogP contribution in [-0.4, -0.2) is 33.4 Å². The second kappa shape index (κ2) is 10.4. The zero-order valence-corrected chi connectivity index (χ0v) is 13.4. The van der Waals surface area contributed by atoms with Crippen molar-refractivity contribution >= 4 is 15.9 Å². The van der Waals surface area contributed by atoms with Crippen LogP contribution < -0.4 is 5.32 Å². The van der Waals surface area contributed by atoms with Crippen molar-refractivity contribution in [2.24, 2.45) is 0 Å². The van der Waals surface area contributed by atoms with Crippen LogP contribution in [0.2, 0.25) is 0 Å². The van der Waals surface area contributed by atoms with Crippen molar-refractivity contribution in [1.29, 1.82) is 0 Å². The Bertz CT molecular complexity index is 347. The first-order valence-corrected chi connectivity index (χ1v) is 7.64. The molecule has 0 saturated carbocycles. The van der Waals surface area contributed by atoms with Gasteiger partial charge in [0.1, 0.15) is 0 Å². The molecule has 1 aromatic carbocycles. The minimum atomic E-state index is 0.0981. The smallest absolute Gasteiger partial charge is 0.0949 e. The minimum Gasteiger partial charge on any atom is -0.385 e. The number of rotatable bonds is 10. The van der Waals surface area contributed by atoms with Gasteiger partial charge in [-0.15, -0.1) is 0 Å². The first kappa shape index (κ1) is 16.6. The van der Waals surface area contributed by atoms with E-state index >= 15 is 0 Å². The fraction of sp³-hybridized carbons (Fsp3) is 0.600. The second-order valence-corrected chi connectivity index (χ2v) is 5.38. The van der Waals surface area contributed by atoms with E-state index in [4.69, 9.17) is 9.47 Å². The van der Waals surface area contributed by atoms with Crippen molar-refractivity contribution < 1.29 is 9.47 Å². The molecule has 108 valence electrons. The van der Waals surface area contributed by atoms with Crippen molar-refractivity contribution in [2.75, 3.05) is 33.4 Å². The molecular weight excluding hydrogens is 306 g/mol. The summed E-state index contributed by atoms with van der Waals surface area (Å²) >= 11 is 3.51. The molecule has 0 fully saturated rings. The molecule has 19 heavy (non-hydrogen) atoms. The summed E-state index contributed by atoms with van der Waals surface area (Å²) in [5, 5.41) is 3.42. The zero-order chi connectivity index (χ0) is 13.9. The van der Waals surface area contributed by atoms with E-state index in [2.05, 4.69) is 40.3 Å². The molecule has 0 bridgehead atoms. The summed E-state index contributed by atoms with van der Waals surface area (Å²) in [6.07, 6.45) is 2.16. The Morgan fingerprint density at radius 2 is 2.16 bits per heavy atom. The summed E-state index contributed by atoms with van der Waals surface area (Å²) in [4.78, 5) is 0. The Morgan fingerprint density at radius 1 is 1.32 bits per heavy atom. The van der Waals surface area contributed by atoms with Crippen LogP contribution in [0, 0.1) is 0 Å². The van der Waals surface area contributed by atoms with E-state index in [-0.39, 0.29) is 6.10 Å². The van der Waals surface area contributed by atoms with Gasteiger partial charge in [-0.05, 0) is 37.1 Å². The molecular formula is C15H24BrNO2. The molecule has 0 aliphatic rings. The third kappa shape index (κ3) is 7.06. The molecule has 0 saturated heterocycles. The second-order valence-electron chi connectivity index (χ2n) is 4.46. The Balaban J connectivity index is 2.52. The van der Waals surface area contributed by atoms with E-state index in [0.29, 0.717) is 0 Å². The lowest BCUT2D eigenvalue weighted by molar-refractivity contribution is 0.0389. The van der Waals surface area contributed by atoms with Gasteiger partial charge in [0.25, 0.3) is 0 Å². The summed E-state index contributed by atoms with van der Waals surface area (Å²) in [6, 6.07) is 8.31. The Hall–Kier alpha value is -0.420. The highest BCUT2D eigenvalue weighted by atomic mass is 79.9. The summed E-state index contributed by atoms with van der Waals surface area (Å²) in [7, 11) is 1.72. The number of hydrogen-bond donors (Lipinski definition) is 1. The molecule has 0 aliphatic heterocycles. The lowest BCUT2D eigenvalue weighted by atomic mass is 10.1. The molecule has 0 amide bonds. The van der Waals surface area contributed by atoms with Crippen LogP contribution in [0.5, 0.6) is 0 Å². The van der Waals surface area contributed by atoms with Crippen LogP contribution in [0.15, 0.2) is 28.7 Å². The molecule has 0 radical (unpaired) electrons. The number of benzene rings is 1. The van der Waals surface area contributed by atoms with Gasteiger partial charge in [0.05, 0.1) is 6.10 Å². The van der Waals surface area contributed by atoms with Crippen LogP contribution in [0.3, 0.4) is 0 Å². The van der Waals surface area contributed by atoms with Crippen LogP contribution in [0.4, 0.5) is 0 Å². The maximum atomic E-state index is 5.97. The highest BCUT2D eigenvalue weighted by molar-refractivity contribution is 9.10. The Labute approximate surface area is 124 Å². The van der Waals surface area contributed by atoms with Gasteiger partial charge in [-0.2, -0.15) is 0 Å². The van der Waals surface area contributed by atoms with Crippen molar-refractivity contribution in [3.8, 4) is 0 Å². The normalized spacial score (nSPS) is 12.6. The van der Waals surface area contributed by atoms with E-state index in [1.807, 2.05) is 12.1 Å². The molecule has 0 aliphatic carbocycles. The number of ether oxygens (including phenoxy) is 2. The van der Waals surface area contributed by atoms with Gasteiger partial charge in [-0.3, -0.25) is 0 Å². The van der Waals surface area contributed by atoms with Crippen molar-refractivity contribution in [2.45, 2.75) is 25.9 Å². The maximum absolute atomic E-state index is 5.97. The molecule has 4 heteroatoms. The minimum absolute atomic E-state index is 0.0981. The molecule has 1 rings (SSSR count). The summed E-state index contributed by atoms with van der Waals surface area (Å²) in [5.41, 5.74) is 1.20.